The summed E-state index contributed by atoms with van der Waals surface area (Å²) >= 11 is 7.09. The fraction of sp³-hybridized carbons (Fsp3) is 0.0556. The van der Waals surface area contributed by atoms with Crippen molar-refractivity contribution in [3.05, 3.63) is 71.5 Å². The molecule has 1 N–H and O–H groups in total. The number of halogens is 2. The van der Waals surface area contributed by atoms with E-state index in [1.807, 2.05) is 0 Å². The van der Waals surface area contributed by atoms with Crippen LogP contribution in [0.1, 0.15) is 0 Å². The van der Waals surface area contributed by atoms with Crippen LogP contribution >= 0.6 is 23.4 Å². The Kier molecular flexibility index (Phi) is 5.63. The summed E-state index contributed by atoms with van der Waals surface area (Å²) in [6.45, 7) is 0. The van der Waals surface area contributed by atoms with Crippen molar-refractivity contribution in [2.24, 2.45) is 0 Å². The molecule has 0 radical (unpaired) electrons. The molecule has 0 saturated carbocycles. The Morgan fingerprint density at radius 3 is 2.36 bits per heavy atom. The molecule has 2 aromatic carbocycles. The van der Waals surface area contributed by atoms with Gasteiger partial charge in [-0.05, 0) is 60.7 Å². The molecule has 126 valence electrons. The third kappa shape index (κ3) is 5.01. The minimum absolute atomic E-state index is 0.142. The largest absolute Gasteiger partial charge is 0.325 e. The molecule has 0 saturated heterocycles. The minimum Gasteiger partial charge on any atom is -0.325 e. The Hall–Kier alpha value is -2.44. The van der Waals surface area contributed by atoms with E-state index in [4.69, 9.17) is 11.6 Å². The van der Waals surface area contributed by atoms with Crippen LogP contribution in [0.2, 0.25) is 5.02 Å². The monoisotopic (exact) mass is 373 g/mol. The predicted octanol–water partition coefficient (Wildman–Crippen LogP) is 4.67. The molecule has 4 nitrogen and oxygen atoms in total. The number of thioether (sulfide) groups is 1. The number of benzene rings is 2. The zero-order valence-electron chi connectivity index (χ0n) is 12.9. The van der Waals surface area contributed by atoms with Crippen LogP contribution in [0.5, 0.6) is 0 Å². The number of anilines is 1. The van der Waals surface area contributed by atoms with Gasteiger partial charge in [-0.3, -0.25) is 4.79 Å². The molecular formula is C18H13ClFN3OS. The molecule has 7 heteroatoms. The number of hydrogen-bond acceptors (Lipinski definition) is 4. The lowest BCUT2D eigenvalue weighted by Crippen LogP contribution is -2.14. The van der Waals surface area contributed by atoms with Crippen LogP contribution < -0.4 is 5.32 Å². The molecule has 0 fully saturated rings. The van der Waals surface area contributed by atoms with Gasteiger partial charge in [-0.1, -0.05) is 23.4 Å². The molecule has 1 heterocycles. The molecule has 0 spiro atoms. The first-order valence-corrected chi connectivity index (χ1v) is 8.74. The highest BCUT2D eigenvalue weighted by Gasteiger charge is 2.06. The van der Waals surface area contributed by atoms with E-state index in [0.29, 0.717) is 21.4 Å². The topological polar surface area (TPSA) is 54.9 Å². The molecule has 0 aliphatic heterocycles. The van der Waals surface area contributed by atoms with Gasteiger partial charge in [-0.25, -0.2) is 4.39 Å². The highest BCUT2D eigenvalue weighted by molar-refractivity contribution is 7.99. The van der Waals surface area contributed by atoms with Crippen molar-refractivity contribution in [1.82, 2.24) is 10.2 Å². The number of carbonyl (C=O) groups excluding carboxylic acids is 1. The average Bonchev–Trinajstić information content (AvgIpc) is 2.63. The molecular weight excluding hydrogens is 361 g/mol. The second-order valence-corrected chi connectivity index (χ2v) is 6.54. The van der Waals surface area contributed by atoms with Gasteiger partial charge >= 0.3 is 0 Å². The molecule has 0 aliphatic rings. The van der Waals surface area contributed by atoms with E-state index in [1.54, 1.807) is 48.5 Å². The number of nitrogens with zero attached hydrogens (tertiary/aromatic N) is 2. The van der Waals surface area contributed by atoms with Crippen molar-refractivity contribution in [2.75, 3.05) is 11.1 Å². The van der Waals surface area contributed by atoms with Crippen molar-refractivity contribution in [3.8, 4) is 11.3 Å². The van der Waals surface area contributed by atoms with E-state index in [2.05, 4.69) is 15.5 Å². The van der Waals surface area contributed by atoms with E-state index in [0.717, 1.165) is 5.56 Å². The Morgan fingerprint density at radius 2 is 1.72 bits per heavy atom. The maximum atomic E-state index is 12.9. The molecule has 25 heavy (non-hydrogen) atoms. The van der Waals surface area contributed by atoms with Crippen LogP contribution in [-0.4, -0.2) is 21.9 Å². The molecule has 0 unspecified atom stereocenters. The first-order valence-electron chi connectivity index (χ1n) is 7.38. The molecule has 3 aromatic rings. The van der Waals surface area contributed by atoms with Gasteiger partial charge < -0.3 is 5.32 Å². The van der Waals surface area contributed by atoms with E-state index in [-0.39, 0.29) is 17.5 Å². The smallest absolute Gasteiger partial charge is 0.234 e. The Balaban J connectivity index is 1.55. The predicted molar refractivity (Wildman–Crippen MR) is 98.2 cm³/mol. The van der Waals surface area contributed by atoms with E-state index in [9.17, 15) is 9.18 Å². The molecule has 1 amide bonds. The Bertz CT molecular complexity index is 855. The third-order valence-electron chi connectivity index (χ3n) is 3.26. The highest BCUT2D eigenvalue weighted by atomic mass is 35.5. The number of carbonyl (C=O) groups is 1. The lowest BCUT2D eigenvalue weighted by atomic mass is 10.1. The van der Waals surface area contributed by atoms with Crippen LogP contribution in [-0.2, 0) is 4.79 Å². The average molecular weight is 374 g/mol. The summed E-state index contributed by atoms with van der Waals surface area (Å²) in [5.74, 6) is -0.222. The zero-order chi connectivity index (χ0) is 17.6. The first kappa shape index (κ1) is 17.4. The number of nitrogens with one attached hydrogen (secondary N) is 1. The van der Waals surface area contributed by atoms with E-state index in [1.165, 1.54) is 23.9 Å². The second-order valence-electron chi connectivity index (χ2n) is 5.11. The summed E-state index contributed by atoms with van der Waals surface area (Å²) in [6, 6.07) is 16.5. The fourth-order valence-electron chi connectivity index (χ4n) is 2.04. The van der Waals surface area contributed by atoms with Gasteiger partial charge in [0.05, 0.1) is 11.4 Å². The van der Waals surface area contributed by atoms with Crippen LogP contribution in [0.3, 0.4) is 0 Å². The van der Waals surface area contributed by atoms with Gasteiger partial charge in [0, 0.05) is 16.3 Å². The number of rotatable bonds is 5. The van der Waals surface area contributed by atoms with Crippen LogP contribution in [0.15, 0.2) is 65.7 Å². The van der Waals surface area contributed by atoms with Gasteiger partial charge in [-0.15, -0.1) is 10.2 Å². The van der Waals surface area contributed by atoms with Crippen LogP contribution in [0.25, 0.3) is 11.3 Å². The van der Waals surface area contributed by atoms with Gasteiger partial charge in [-0.2, -0.15) is 0 Å². The summed E-state index contributed by atoms with van der Waals surface area (Å²) < 4.78 is 12.9. The van der Waals surface area contributed by atoms with E-state index < -0.39 is 0 Å². The molecule has 0 bridgehead atoms. The van der Waals surface area contributed by atoms with Crippen LogP contribution in [0, 0.1) is 5.82 Å². The lowest BCUT2D eigenvalue weighted by molar-refractivity contribution is -0.113. The lowest BCUT2D eigenvalue weighted by Gasteiger charge is -2.05. The minimum atomic E-state index is -0.296. The van der Waals surface area contributed by atoms with Crippen molar-refractivity contribution < 1.29 is 9.18 Å². The fourth-order valence-corrected chi connectivity index (χ4v) is 2.78. The maximum absolute atomic E-state index is 12.9. The molecule has 0 aliphatic carbocycles. The third-order valence-corrected chi connectivity index (χ3v) is 4.43. The quantitative estimate of drug-likeness (QED) is 0.660. The second kappa shape index (κ2) is 8.09. The molecule has 3 rings (SSSR count). The molecule has 0 atom stereocenters. The summed E-state index contributed by atoms with van der Waals surface area (Å²) in [4.78, 5) is 11.9. The highest BCUT2D eigenvalue weighted by Crippen LogP contribution is 2.20. The van der Waals surface area contributed by atoms with Crippen molar-refractivity contribution in [2.45, 2.75) is 5.03 Å². The SMILES string of the molecule is O=C(CSc1ccc(-c2ccc(F)cc2)nn1)Nc1ccc(Cl)cc1. The number of aromatic nitrogens is 2. The Labute approximate surface area is 153 Å². The number of amides is 1. The first-order chi connectivity index (χ1) is 12.1. The van der Waals surface area contributed by atoms with Crippen molar-refractivity contribution in [3.63, 3.8) is 0 Å². The number of hydrogen-bond donors (Lipinski definition) is 1. The summed E-state index contributed by atoms with van der Waals surface area (Å²) in [5.41, 5.74) is 2.12. The zero-order valence-corrected chi connectivity index (χ0v) is 14.5. The summed E-state index contributed by atoms with van der Waals surface area (Å²) in [6.07, 6.45) is 0. The van der Waals surface area contributed by atoms with Crippen molar-refractivity contribution in [1.29, 1.82) is 0 Å². The van der Waals surface area contributed by atoms with Gasteiger partial charge in [0.1, 0.15) is 10.8 Å². The maximum Gasteiger partial charge on any atom is 0.234 e. The molecule has 1 aromatic heterocycles. The Morgan fingerprint density at radius 1 is 1.00 bits per heavy atom. The van der Waals surface area contributed by atoms with Gasteiger partial charge in [0.15, 0.2) is 0 Å². The normalized spacial score (nSPS) is 10.5. The summed E-state index contributed by atoms with van der Waals surface area (Å²) in [7, 11) is 0. The van der Waals surface area contributed by atoms with Gasteiger partial charge in [0.25, 0.3) is 0 Å². The van der Waals surface area contributed by atoms with Crippen LogP contribution in [0.4, 0.5) is 10.1 Å². The van der Waals surface area contributed by atoms with Gasteiger partial charge in [0.2, 0.25) is 5.91 Å². The van der Waals surface area contributed by atoms with Crippen molar-refractivity contribution >= 4 is 35.0 Å². The standard InChI is InChI=1S/C18H13ClFN3OS/c19-13-3-7-15(8-4-13)21-17(24)11-25-18-10-9-16(22-23-18)12-1-5-14(20)6-2-12/h1-10H,11H2,(H,21,24). The summed E-state index contributed by atoms with van der Waals surface area (Å²) in [5, 5.41) is 12.2. The van der Waals surface area contributed by atoms with E-state index >= 15 is 0 Å².